The Morgan fingerprint density at radius 2 is 1.94 bits per heavy atom. The number of benzene rings is 1. The first kappa shape index (κ1) is 11.6. The van der Waals surface area contributed by atoms with Crippen LogP contribution in [0.3, 0.4) is 0 Å². The molecule has 0 radical (unpaired) electrons. The molecular weight excluding hydrogens is 218 g/mol. The molecule has 1 atom stereocenters. The second kappa shape index (κ2) is 4.20. The fourth-order valence-electron chi connectivity index (χ4n) is 2.31. The van der Waals surface area contributed by atoms with E-state index in [2.05, 4.69) is 0 Å². The SMILES string of the molecule is Cc1cccc(C)c1N1C[C@H](C(=O)[O-])CC1=O. The number of para-hydroxylation sites is 1. The molecule has 1 aromatic carbocycles. The standard InChI is InChI=1S/C13H15NO3/c1-8-4-3-5-9(2)12(8)14-7-10(13(16)17)6-11(14)15/h3-5,10H,6-7H2,1-2H3,(H,16,17)/p-1/t10-/m1/s1. The van der Waals surface area contributed by atoms with Crippen LogP contribution < -0.4 is 10.0 Å². The Hall–Kier alpha value is -1.84. The summed E-state index contributed by atoms with van der Waals surface area (Å²) in [5.74, 6) is -1.98. The molecule has 0 saturated carbocycles. The van der Waals surface area contributed by atoms with E-state index in [1.807, 2.05) is 32.0 Å². The summed E-state index contributed by atoms with van der Waals surface area (Å²) in [7, 11) is 0. The number of amides is 1. The zero-order valence-electron chi connectivity index (χ0n) is 9.90. The van der Waals surface area contributed by atoms with Crippen LogP contribution in [0.1, 0.15) is 17.5 Å². The fraction of sp³-hybridized carbons (Fsp3) is 0.385. The van der Waals surface area contributed by atoms with Gasteiger partial charge in [0.2, 0.25) is 5.91 Å². The van der Waals surface area contributed by atoms with Gasteiger partial charge >= 0.3 is 0 Å². The smallest absolute Gasteiger partial charge is 0.227 e. The summed E-state index contributed by atoms with van der Waals surface area (Å²) < 4.78 is 0. The number of carbonyl (C=O) groups excluding carboxylic acids is 2. The predicted octanol–water partition coefficient (Wildman–Crippen LogP) is 0.406. The zero-order valence-corrected chi connectivity index (χ0v) is 9.90. The van der Waals surface area contributed by atoms with E-state index in [-0.39, 0.29) is 18.9 Å². The highest BCUT2D eigenvalue weighted by Gasteiger charge is 2.32. The molecule has 2 rings (SSSR count). The lowest BCUT2D eigenvalue weighted by Gasteiger charge is -2.21. The van der Waals surface area contributed by atoms with Gasteiger partial charge in [0, 0.05) is 30.5 Å². The molecule has 0 aliphatic carbocycles. The summed E-state index contributed by atoms with van der Waals surface area (Å²) in [4.78, 5) is 24.2. The zero-order chi connectivity index (χ0) is 12.6. The molecule has 1 aliphatic rings. The molecule has 1 aliphatic heterocycles. The molecule has 0 bridgehead atoms. The van der Waals surface area contributed by atoms with E-state index < -0.39 is 11.9 Å². The van der Waals surface area contributed by atoms with E-state index in [1.54, 1.807) is 4.90 Å². The van der Waals surface area contributed by atoms with Gasteiger partial charge in [-0.05, 0) is 25.0 Å². The van der Waals surface area contributed by atoms with Crippen molar-refractivity contribution in [1.82, 2.24) is 0 Å². The number of carboxylic acid groups (broad SMARTS) is 1. The first-order valence-electron chi connectivity index (χ1n) is 5.58. The molecule has 0 spiro atoms. The summed E-state index contributed by atoms with van der Waals surface area (Å²) in [5.41, 5.74) is 2.80. The van der Waals surface area contributed by atoms with Crippen molar-refractivity contribution in [3.63, 3.8) is 0 Å². The second-order valence-electron chi connectivity index (χ2n) is 4.46. The maximum absolute atomic E-state index is 11.8. The van der Waals surface area contributed by atoms with Gasteiger partial charge in [0.25, 0.3) is 0 Å². The lowest BCUT2D eigenvalue weighted by molar-refractivity contribution is -0.310. The molecule has 17 heavy (non-hydrogen) atoms. The number of anilines is 1. The molecule has 1 saturated heterocycles. The molecule has 1 fully saturated rings. The maximum Gasteiger partial charge on any atom is 0.227 e. The number of hydrogen-bond donors (Lipinski definition) is 0. The van der Waals surface area contributed by atoms with Crippen molar-refractivity contribution < 1.29 is 14.7 Å². The van der Waals surface area contributed by atoms with Gasteiger partial charge in [-0.3, -0.25) is 4.79 Å². The van der Waals surface area contributed by atoms with Gasteiger partial charge in [-0.2, -0.15) is 0 Å². The van der Waals surface area contributed by atoms with E-state index in [0.717, 1.165) is 16.8 Å². The van der Waals surface area contributed by atoms with Crippen LogP contribution in [0.4, 0.5) is 5.69 Å². The van der Waals surface area contributed by atoms with Crippen molar-refractivity contribution in [1.29, 1.82) is 0 Å². The highest BCUT2D eigenvalue weighted by Crippen LogP contribution is 2.30. The molecule has 0 unspecified atom stereocenters. The lowest BCUT2D eigenvalue weighted by atomic mass is 10.1. The van der Waals surface area contributed by atoms with E-state index in [9.17, 15) is 14.7 Å². The molecule has 90 valence electrons. The van der Waals surface area contributed by atoms with E-state index in [1.165, 1.54) is 0 Å². The fourth-order valence-corrected chi connectivity index (χ4v) is 2.31. The lowest BCUT2D eigenvalue weighted by Crippen LogP contribution is -2.33. The first-order chi connectivity index (χ1) is 8.00. The van der Waals surface area contributed by atoms with Gasteiger partial charge in [0.05, 0.1) is 0 Å². The number of hydrogen-bond acceptors (Lipinski definition) is 3. The Balaban J connectivity index is 2.35. The van der Waals surface area contributed by atoms with Crippen molar-refractivity contribution in [3.8, 4) is 0 Å². The molecule has 1 amide bonds. The van der Waals surface area contributed by atoms with E-state index in [0.29, 0.717) is 0 Å². The predicted molar refractivity (Wildman–Crippen MR) is 61.4 cm³/mol. The average molecular weight is 232 g/mol. The van der Waals surface area contributed by atoms with Gasteiger partial charge in [-0.1, -0.05) is 18.2 Å². The van der Waals surface area contributed by atoms with Gasteiger partial charge in [0.1, 0.15) is 0 Å². The number of aliphatic carboxylic acids is 1. The monoisotopic (exact) mass is 232 g/mol. The Morgan fingerprint density at radius 3 is 2.41 bits per heavy atom. The van der Waals surface area contributed by atoms with E-state index in [4.69, 9.17) is 0 Å². The number of aryl methyl sites for hydroxylation is 2. The minimum Gasteiger partial charge on any atom is -0.550 e. The number of carbonyl (C=O) groups is 2. The maximum atomic E-state index is 11.8. The quantitative estimate of drug-likeness (QED) is 0.741. The van der Waals surface area contributed by atoms with Crippen LogP contribution in [-0.2, 0) is 9.59 Å². The van der Waals surface area contributed by atoms with Crippen LogP contribution in [0, 0.1) is 19.8 Å². The summed E-state index contributed by atoms with van der Waals surface area (Å²) in [6.45, 7) is 4.05. The van der Waals surface area contributed by atoms with Gasteiger partial charge < -0.3 is 14.8 Å². The third-order valence-electron chi connectivity index (χ3n) is 3.17. The van der Waals surface area contributed by atoms with Gasteiger partial charge in [0.15, 0.2) is 0 Å². The van der Waals surface area contributed by atoms with Crippen molar-refractivity contribution >= 4 is 17.6 Å². The molecule has 1 heterocycles. The molecule has 0 N–H and O–H groups in total. The molecule has 0 aromatic heterocycles. The van der Waals surface area contributed by atoms with Gasteiger partial charge in [-0.15, -0.1) is 0 Å². The minimum atomic E-state index is -1.15. The molecular formula is C13H14NO3-. The third kappa shape index (κ3) is 2.02. The number of rotatable bonds is 2. The van der Waals surface area contributed by atoms with E-state index >= 15 is 0 Å². The topological polar surface area (TPSA) is 60.4 Å². The molecule has 4 nitrogen and oxygen atoms in total. The van der Waals surface area contributed by atoms with Crippen LogP contribution >= 0.6 is 0 Å². The Morgan fingerprint density at radius 1 is 1.35 bits per heavy atom. The second-order valence-corrected chi connectivity index (χ2v) is 4.46. The van der Waals surface area contributed by atoms with Gasteiger partial charge in [-0.25, -0.2) is 0 Å². The highest BCUT2D eigenvalue weighted by molar-refractivity contribution is 6.00. The van der Waals surface area contributed by atoms with Crippen LogP contribution in [0.5, 0.6) is 0 Å². The van der Waals surface area contributed by atoms with Crippen molar-refractivity contribution in [2.45, 2.75) is 20.3 Å². The van der Waals surface area contributed by atoms with Crippen molar-refractivity contribution in [2.75, 3.05) is 11.4 Å². The first-order valence-corrected chi connectivity index (χ1v) is 5.58. The minimum absolute atomic E-state index is 0.0378. The highest BCUT2D eigenvalue weighted by atomic mass is 16.4. The molecule has 1 aromatic rings. The Bertz CT molecular complexity index is 461. The summed E-state index contributed by atoms with van der Waals surface area (Å²) in [6, 6.07) is 5.76. The van der Waals surface area contributed by atoms with Crippen LogP contribution in [0.15, 0.2) is 18.2 Å². The molecule has 4 heteroatoms. The summed E-state index contributed by atoms with van der Waals surface area (Å²) >= 11 is 0. The summed E-state index contributed by atoms with van der Waals surface area (Å²) in [5, 5.41) is 10.8. The van der Waals surface area contributed by atoms with Crippen LogP contribution in [0.2, 0.25) is 0 Å². The Kier molecular flexibility index (Phi) is 2.88. The summed E-state index contributed by atoms with van der Waals surface area (Å²) in [6.07, 6.45) is 0.0378. The third-order valence-corrected chi connectivity index (χ3v) is 3.17. The number of carboxylic acids is 1. The van der Waals surface area contributed by atoms with Crippen molar-refractivity contribution in [2.24, 2.45) is 5.92 Å². The largest absolute Gasteiger partial charge is 0.550 e. The van der Waals surface area contributed by atoms with Crippen LogP contribution in [0.25, 0.3) is 0 Å². The Labute approximate surface area is 99.9 Å². The van der Waals surface area contributed by atoms with Crippen molar-refractivity contribution in [3.05, 3.63) is 29.3 Å². The van der Waals surface area contributed by atoms with Crippen LogP contribution in [-0.4, -0.2) is 18.4 Å². The number of nitrogens with zero attached hydrogens (tertiary/aromatic N) is 1. The average Bonchev–Trinajstić information content (AvgIpc) is 2.61. The normalized spacial score (nSPS) is 19.8.